The van der Waals surface area contributed by atoms with Crippen LogP contribution in [0.3, 0.4) is 0 Å². The number of aliphatic hydroxyl groups excluding tert-OH is 1. The first kappa shape index (κ1) is 65.1. The van der Waals surface area contributed by atoms with Gasteiger partial charge in [0, 0.05) is 61.4 Å². The van der Waals surface area contributed by atoms with Crippen LogP contribution in [0.25, 0.3) is 31.8 Å². The van der Waals surface area contributed by atoms with E-state index in [4.69, 9.17) is 14.8 Å². The predicted octanol–water partition coefficient (Wildman–Crippen LogP) is 13.4. The maximum atomic E-state index is 14.2. The molecule has 9 rings (SSSR count). The third-order valence-corrected chi connectivity index (χ3v) is 18.7. The summed E-state index contributed by atoms with van der Waals surface area (Å²) in [5.74, 6) is -0.958. The summed E-state index contributed by atoms with van der Waals surface area (Å²) < 4.78 is 9.04. The molecule has 468 valence electrons. The first-order chi connectivity index (χ1) is 42.0. The predicted molar refractivity (Wildman–Crippen MR) is 351 cm³/mol. The molecule has 1 fully saturated rings. The normalized spacial score (nSPS) is 15.9. The van der Waals surface area contributed by atoms with Crippen LogP contribution in [0.5, 0.6) is 0 Å². The van der Waals surface area contributed by atoms with E-state index in [1.807, 2.05) is 141 Å². The molecule has 88 heavy (non-hydrogen) atoms. The Morgan fingerprint density at radius 3 is 2.15 bits per heavy atom. The molecule has 3 aromatic carbocycles. The van der Waals surface area contributed by atoms with E-state index in [-0.39, 0.29) is 48.3 Å². The van der Waals surface area contributed by atoms with Gasteiger partial charge in [0.1, 0.15) is 23.5 Å². The van der Waals surface area contributed by atoms with Crippen molar-refractivity contribution in [2.45, 2.75) is 202 Å². The molecule has 17 nitrogen and oxygen atoms in total. The quantitative estimate of drug-likeness (QED) is 0.0311. The molecule has 4 aromatic heterocycles. The number of likely N-dealkylation sites (tertiary alicyclic amines) is 1. The van der Waals surface area contributed by atoms with E-state index in [2.05, 4.69) is 48.5 Å². The Morgan fingerprint density at radius 1 is 0.784 bits per heavy atom. The number of thiazole rings is 2. The van der Waals surface area contributed by atoms with E-state index in [1.165, 1.54) is 35.5 Å². The van der Waals surface area contributed by atoms with E-state index in [0.717, 1.165) is 118 Å². The number of fused-ring (bicyclic) bond motifs is 2. The molecule has 4 amide bonds. The topological polar surface area (TPSA) is 214 Å². The van der Waals surface area contributed by atoms with Crippen molar-refractivity contribution in [3.05, 3.63) is 129 Å². The fourth-order valence-electron chi connectivity index (χ4n) is 12.1. The van der Waals surface area contributed by atoms with Crippen molar-refractivity contribution < 1.29 is 33.8 Å². The molecule has 1 saturated heterocycles. The van der Waals surface area contributed by atoms with Gasteiger partial charge in [0.2, 0.25) is 17.7 Å². The first-order valence-corrected chi connectivity index (χ1v) is 33.1. The number of carbonyl (C=O) groups is 5. The number of hydrogen-bond acceptors (Lipinski definition) is 14. The molecular formula is C69H88N10O7S2. The average molecular weight is 1230 g/mol. The number of rotatable bonds is 25. The molecule has 19 heteroatoms. The number of amides is 4. The van der Waals surface area contributed by atoms with Gasteiger partial charge in [-0.3, -0.25) is 29.2 Å². The summed E-state index contributed by atoms with van der Waals surface area (Å²) in [6.07, 6.45) is 12.0. The number of carbonyl (C=O) groups excluding carboxylic acids is 5. The molecule has 0 aliphatic carbocycles. The van der Waals surface area contributed by atoms with Gasteiger partial charge in [-0.2, -0.15) is 5.10 Å². The van der Waals surface area contributed by atoms with Crippen LogP contribution in [0.4, 0.5) is 10.9 Å². The number of ether oxygens (including phenoxy) is 1. The van der Waals surface area contributed by atoms with E-state index < -0.39 is 35.2 Å². The van der Waals surface area contributed by atoms with E-state index >= 15 is 0 Å². The van der Waals surface area contributed by atoms with Gasteiger partial charge >= 0.3 is 5.97 Å². The molecule has 0 unspecified atom stereocenters. The van der Waals surface area contributed by atoms with Gasteiger partial charge in [0.15, 0.2) is 10.8 Å². The summed E-state index contributed by atoms with van der Waals surface area (Å²) in [4.78, 5) is 87.9. The molecule has 4 N–H and O–H groups in total. The highest BCUT2D eigenvalue weighted by Gasteiger charge is 2.45. The zero-order chi connectivity index (χ0) is 62.9. The molecule has 6 heterocycles. The lowest BCUT2D eigenvalue weighted by molar-refractivity contribution is -0.144. The van der Waals surface area contributed by atoms with Crippen molar-refractivity contribution in [3.63, 3.8) is 0 Å². The van der Waals surface area contributed by atoms with Crippen LogP contribution in [0.1, 0.15) is 193 Å². The van der Waals surface area contributed by atoms with Crippen LogP contribution in [0.2, 0.25) is 0 Å². The number of aromatic nitrogens is 5. The van der Waals surface area contributed by atoms with Crippen molar-refractivity contribution in [2.75, 3.05) is 23.3 Å². The zero-order valence-corrected chi connectivity index (χ0v) is 54.6. The number of unbranched alkanes of at least 4 members (excludes halogenated alkanes) is 10. The number of para-hydroxylation sites is 1. The van der Waals surface area contributed by atoms with Crippen LogP contribution < -0.4 is 20.9 Å². The van der Waals surface area contributed by atoms with Crippen molar-refractivity contribution >= 4 is 73.4 Å². The number of aryl methyl sites for hydroxylation is 3. The molecular weight excluding hydrogens is 1140 g/mol. The van der Waals surface area contributed by atoms with Crippen LogP contribution in [0, 0.1) is 26.2 Å². The Hall–Kier alpha value is -7.35. The minimum absolute atomic E-state index is 0.0278. The minimum Gasteiger partial charge on any atom is -0.455 e. The number of hydrogen-bond donors (Lipinski definition) is 4. The van der Waals surface area contributed by atoms with Crippen molar-refractivity contribution in [2.24, 2.45) is 5.41 Å². The Morgan fingerprint density at radius 2 is 1.48 bits per heavy atom. The Kier molecular flexibility index (Phi) is 21.4. The van der Waals surface area contributed by atoms with Gasteiger partial charge in [-0.25, -0.2) is 19.7 Å². The van der Waals surface area contributed by atoms with Crippen LogP contribution in [0.15, 0.2) is 84.4 Å². The summed E-state index contributed by atoms with van der Waals surface area (Å²) in [5.41, 5.74) is 10.5. The maximum Gasteiger partial charge on any atom is 0.358 e. The van der Waals surface area contributed by atoms with E-state index in [1.54, 1.807) is 11.3 Å². The molecule has 0 radical (unpaired) electrons. The third-order valence-electron chi connectivity index (χ3n) is 16.8. The molecule has 7 aromatic rings. The first-order valence-electron chi connectivity index (χ1n) is 31.4. The third kappa shape index (κ3) is 16.3. The molecule has 0 spiro atoms. The minimum atomic E-state index is -0.857. The van der Waals surface area contributed by atoms with Gasteiger partial charge in [0.25, 0.3) is 5.91 Å². The summed E-state index contributed by atoms with van der Waals surface area (Å²) in [5, 5.41) is 25.4. The highest BCUT2D eigenvalue weighted by molar-refractivity contribution is 7.22. The van der Waals surface area contributed by atoms with Crippen molar-refractivity contribution in [3.8, 4) is 21.6 Å². The zero-order valence-electron chi connectivity index (χ0n) is 53.0. The summed E-state index contributed by atoms with van der Waals surface area (Å²) in [6, 6.07) is 23.6. The van der Waals surface area contributed by atoms with Gasteiger partial charge in [-0.15, -0.1) is 11.3 Å². The number of esters is 1. The van der Waals surface area contributed by atoms with Crippen LogP contribution in [-0.4, -0.2) is 101 Å². The number of β-amino-alcohol motifs (C(OH)–C–C–N with tert-alkyl or cyclic N) is 1. The van der Waals surface area contributed by atoms with Gasteiger partial charge < -0.3 is 30.3 Å². The highest BCUT2D eigenvalue weighted by Crippen LogP contribution is 2.36. The number of anilines is 2. The van der Waals surface area contributed by atoms with Crippen LogP contribution in [-0.2, 0) is 38.6 Å². The monoisotopic (exact) mass is 1230 g/mol. The maximum absolute atomic E-state index is 14.2. The molecule has 2 aliphatic rings. The van der Waals surface area contributed by atoms with E-state index in [0.29, 0.717) is 48.0 Å². The van der Waals surface area contributed by atoms with Gasteiger partial charge in [-0.05, 0) is 126 Å². The number of nitrogens with one attached hydrogen (secondary N) is 3. The van der Waals surface area contributed by atoms with Crippen molar-refractivity contribution in [1.82, 2.24) is 40.3 Å². The summed E-state index contributed by atoms with van der Waals surface area (Å²) >= 11 is 3.03. The Bertz CT molecular complexity index is 3560. The summed E-state index contributed by atoms with van der Waals surface area (Å²) in [6.45, 7) is 21.1. The average Bonchev–Trinajstić information content (AvgIpc) is 3.17. The number of nitrogens with zero attached hydrogens (tertiary/aromatic N) is 7. The fourth-order valence-corrected chi connectivity index (χ4v) is 13.8. The molecule has 0 saturated carbocycles. The number of benzene rings is 3. The smallest absolute Gasteiger partial charge is 0.358 e. The largest absolute Gasteiger partial charge is 0.455 e. The van der Waals surface area contributed by atoms with Gasteiger partial charge in [0.05, 0.1) is 44.1 Å². The van der Waals surface area contributed by atoms with Crippen molar-refractivity contribution in [1.29, 1.82) is 0 Å². The van der Waals surface area contributed by atoms with Gasteiger partial charge in [-0.1, -0.05) is 138 Å². The molecule has 2 aliphatic heterocycles. The SMILES string of the molecule is Cc1ncsc1-c1ccc([C@H](C)NC(=O)[C@@H]2C[C@@H](O)CN2C(=O)[C@@H](NC(=O)CCCCCCCCCCCCCn2nc(C)c(-c3ccc(N4CCc5cccc(C(=O)Nc6nc7ccccc7s6)c5C4)nc3C(=O)OC(C)(C)C)c2C)C(C)(C)C)cc1. The van der Waals surface area contributed by atoms with Crippen LogP contribution >= 0.6 is 22.7 Å². The highest BCUT2D eigenvalue weighted by atomic mass is 32.1. The second-order valence-electron chi connectivity index (χ2n) is 25.9. The standard InChI is InChI=1S/C69H88N10O7S2/c1-43(47-30-32-49(33-31-47)61-45(3)70-42-87-61)71-64(83)55-39-50(80)40-78(55)65(84)62(68(5,6)7)74-58(81)29-20-18-16-14-12-11-13-15-17-19-23-37-79-46(4)59(44(2)76-79)52-34-35-57(73-60(52)66(85)86-69(8,9)10)77-38-36-48-25-24-26-51(53(48)41-77)63(82)75-67-72-54-27-21-22-28-56(54)88-67/h21-22,24-28,30-35,42-43,50,55,62,80H,11-20,23,29,36-41H2,1-10H3,(H,71,83)(H,74,81)(H,72,75,82)/t43-,50+,55-,62+/m0/s1. The molecule has 4 atom stereocenters. The number of aliphatic hydroxyl groups is 1. The number of pyridine rings is 1. The fraction of sp³-hybridized carbons (Fsp3) is 0.493. The summed E-state index contributed by atoms with van der Waals surface area (Å²) in [7, 11) is 0. The second kappa shape index (κ2) is 28.9. The second-order valence-corrected chi connectivity index (χ2v) is 27.8. The molecule has 0 bridgehead atoms. The Balaban J connectivity index is 0.689. The van der Waals surface area contributed by atoms with E-state index in [9.17, 15) is 29.1 Å². The lowest BCUT2D eigenvalue weighted by Gasteiger charge is -2.35. The lowest BCUT2D eigenvalue weighted by atomic mass is 9.85. The Labute approximate surface area is 526 Å². The lowest BCUT2D eigenvalue weighted by Crippen LogP contribution is -2.57.